The summed E-state index contributed by atoms with van der Waals surface area (Å²) in [6.45, 7) is 8.73. The summed E-state index contributed by atoms with van der Waals surface area (Å²) in [4.78, 5) is 15.3. The molecule has 0 saturated carbocycles. The van der Waals surface area contributed by atoms with E-state index >= 15 is 0 Å². The largest absolute Gasteiger partial charge is 0.368 e. The summed E-state index contributed by atoms with van der Waals surface area (Å²) in [5.74, 6) is -0.340. The number of aromatic nitrogens is 1. The maximum atomic E-state index is 10.8. The number of nitrogens with one attached hydrogen (secondary N) is 1. The number of hydrogen-bond acceptors (Lipinski definition) is 4. The first-order valence-corrected chi connectivity index (χ1v) is 6.16. The van der Waals surface area contributed by atoms with Crippen LogP contribution in [0.1, 0.15) is 38.4 Å². The third kappa shape index (κ3) is 3.57. The topological polar surface area (TPSA) is 68.0 Å². The van der Waals surface area contributed by atoms with Gasteiger partial charge in [0.05, 0.1) is 11.7 Å². The first kappa shape index (κ1) is 13.1. The molecule has 90 valence electrons. The van der Waals surface area contributed by atoms with Crippen molar-refractivity contribution in [2.75, 3.05) is 0 Å². The maximum Gasteiger partial charge on any atom is 0.234 e. The molecule has 16 heavy (non-hydrogen) atoms. The van der Waals surface area contributed by atoms with E-state index in [9.17, 15) is 4.79 Å². The number of hydrogen-bond donors (Lipinski definition) is 2. The number of carbonyl (C=O) groups is 1. The minimum Gasteiger partial charge on any atom is -0.368 e. The fraction of sp³-hybridized carbons (Fsp3) is 0.636. The highest BCUT2D eigenvalue weighted by molar-refractivity contribution is 7.09. The summed E-state index contributed by atoms with van der Waals surface area (Å²) in [5, 5.41) is 6.08. The van der Waals surface area contributed by atoms with Crippen molar-refractivity contribution in [2.24, 2.45) is 5.73 Å². The van der Waals surface area contributed by atoms with Crippen LogP contribution in [0.3, 0.4) is 0 Å². The number of primary amides is 1. The lowest BCUT2D eigenvalue weighted by Gasteiger charge is -2.14. The van der Waals surface area contributed by atoms with Crippen molar-refractivity contribution in [3.8, 4) is 0 Å². The Morgan fingerprint density at radius 1 is 1.62 bits per heavy atom. The predicted molar refractivity (Wildman–Crippen MR) is 66.3 cm³/mol. The molecule has 5 heteroatoms. The van der Waals surface area contributed by atoms with Crippen molar-refractivity contribution in [2.45, 2.75) is 45.7 Å². The second-order valence-corrected chi connectivity index (χ2v) is 5.82. The molecule has 0 spiro atoms. The maximum absolute atomic E-state index is 10.8. The number of nitrogens with two attached hydrogens (primary N) is 1. The number of rotatable bonds is 4. The molecule has 3 N–H and O–H groups in total. The van der Waals surface area contributed by atoms with E-state index < -0.39 is 0 Å². The summed E-state index contributed by atoms with van der Waals surface area (Å²) in [6.07, 6.45) is 0. The molecule has 4 nitrogen and oxygen atoms in total. The number of thiazole rings is 1. The molecule has 1 aromatic heterocycles. The Bertz CT molecular complexity index is 368. The average Bonchev–Trinajstić information content (AvgIpc) is 2.61. The Labute approximate surface area is 100 Å². The van der Waals surface area contributed by atoms with Gasteiger partial charge in [-0.15, -0.1) is 11.3 Å². The van der Waals surface area contributed by atoms with Crippen LogP contribution >= 0.6 is 11.3 Å². The molecule has 1 atom stereocenters. The molecule has 0 aliphatic rings. The van der Waals surface area contributed by atoms with Crippen molar-refractivity contribution in [3.05, 3.63) is 16.1 Å². The van der Waals surface area contributed by atoms with Crippen LogP contribution in [-0.2, 0) is 16.8 Å². The molecule has 0 radical (unpaired) electrons. The Balaban J connectivity index is 2.57. The molecule has 1 rings (SSSR count). The predicted octanol–water partition coefficient (Wildman–Crippen LogP) is 1.40. The number of amides is 1. The van der Waals surface area contributed by atoms with E-state index in [-0.39, 0.29) is 17.4 Å². The quantitative estimate of drug-likeness (QED) is 0.837. The van der Waals surface area contributed by atoms with Gasteiger partial charge in [0.2, 0.25) is 5.91 Å². The third-order valence-electron chi connectivity index (χ3n) is 2.31. The average molecular weight is 241 g/mol. The second-order valence-electron chi connectivity index (χ2n) is 4.88. The van der Waals surface area contributed by atoms with Crippen LogP contribution in [0.4, 0.5) is 0 Å². The van der Waals surface area contributed by atoms with Gasteiger partial charge in [-0.05, 0) is 6.92 Å². The van der Waals surface area contributed by atoms with Crippen molar-refractivity contribution in [1.82, 2.24) is 10.3 Å². The molecule has 1 unspecified atom stereocenters. The third-order valence-corrected chi connectivity index (χ3v) is 3.16. The van der Waals surface area contributed by atoms with Crippen LogP contribution in [-0.4, -0.2) is 16.9 Å². The van der Waals surface area contributed by atoms with Gasteiger partial charge in [-0.2, -0.15) is 0 Å². The summed E-state index contributed by atoms with van der Waals surface area (Å²) in [6, 6.07) is -0.318. The molecule has 0 bridgehead atoms. The Morgan fingerprint density at radius 2 is 2.25 bits per heavy atom. The fourth-order valence-electron chi connectivity index (χ4n) is 1.08. The van der Waals surface area contributed by atoms with Crippen LogP contribution < -0.4 is 11.1 Å². The minimum atomic E-state index is -0.340. The first-order chi connectivity index (χ1) is 7.30. The van der Waals surface area contributed by atoms with Gasteiger partial charge in [-0.25, -0.2) is 4.98 Å². The lowest BCUT2D eigenvalue weighted by Crippen LogP contribution is -2.38. The highest BCUT2D eigenvalue weighted by Gasteiger charge is 2.17. The zero-order valence-corrected chi connectivity index (χ0v) is 11.0. The van der Waals surface area contributed by atoms with E-state index in [1.54, 1.807) is 18.3 Å². The molecule has 1 aromatic rings. The lowest BCUT2D eigenvalue weighted by molar-refractivity contribution is -0.119. The number of nitrogens with zero attached hydrogens (tertiary/aromatic N) is 1. The second kappa shape index (κ2) is 4.93. The lowest BCUT2D eigenvalue weighted by atomic mass is 9.93. The van der Waals surface area contributed by atoms with Crippen molar-refractivity contribution in [3.63, 3.8) is 0 Å². The van der Waals surface area contributed by atoms with Crippen LogP contribution in [0.25, 0.3) is 0 Å². The highest BCUT2D eigenvalue weighted by Crippen LogP contribution is 2.23. The fourth-order valence-corrected chi connectivity index (χ4v) is 2.05. The Morgan fingerprint density at radius 3 is 2.69 bits per heavy atom. The van der Waals surface area contributed by atoms with Gasteiger partial charge in [0.1, 0.15) is 5.01 Å². The van der Waals surface area contributed by atoms with Gasteiger partial charge in [-0.3, -0.25) is 10.1 Å². The van der Waals surface area contributed by atoms with Gasteiger partial charge >= 0.3 is 0 Å². The number of carbonyl (C=O) groups excluding carboxylic acids is 1. The summed E-state index contributed by atoms with van der Waals surface area (Å²) in [5.41, 5.74) is 6.31. The van der Waals surface area contributed by atoms with Crippen LogP contribution in [0.2, 0.25) is 0 Å². The van der Waals surface area contributed by atoms with Crippen LogP contribution in [0, 0.1) is 0 Å². The molecule has 0 saturated heterocycles. The monoisotopic (exact) mass is 241 g/mol. The van der Waals surface area contributed by atoms with Gasteiger partial charge in [0.25, 0.3) is 0 Å². The molecule has 0 aromatic carbocycles. The highest BCUT2D eigenvalue weighted by atomic mass is 32.1. The zero-order chi connectivity index (χ0) is 12.3. The smallest absolute Gasteiger partial charge is 0.234 e. The van der Waals surface area contributed by atoms with E-state index in [0.717, 1.165) is 10.7 Å². The van der Waals surface area contributed by atoms with Crippen molar-refractivity contribution < 1.29 is 4.79 Å². The van der Waals surface area contributed by atoms with Gasteiger partial charge < -0.3 is 5.73 Å². The summed E-state index contributed by atoms with van der Waals surface area (Å²) >= 11 is 1.60. The SMILES string of the molecule is CC(NCc1nc(C(C)(C)C)cs1)C(N)=O. The van der Waals surface area contributed by atoms with Crippen molar-refractivity contribution in [1.29, 1.82) is 0 Å². The molecular formula is C11H19N3OS. The van der Waals surface area contributed by atoms with E-state index in [4.69, 9.17) is 5.73 Å². The van der Waals surface area contributed by atoms with Crippen molar-refractivity contribution >= 4 is 17.2 Å². The van der Waals surface area contributed by atoms with E-state index in [2.05, 4.69) is 36.5 Å². The molecule has 0 aliphatic carbocycles. The molecule has 0 fully saturated rings. The molecule has 1 amide bonds. The molecule has 0 aliphatic heterocycles. The van der Waals surface area contributed by atoms with E-state index in [1.165, 1.54) is 0 Å². The van der Waals surface area contributed by atoms with Gasteiger partial charge in [0, 0.05) is 17.3 Å². The van der Waals surface area contributed by atoms with Gasteiger partial charge in [-0.1, -0.05) is 20.8 Å². The van der Waals surface area contributed by atoms with E-state index in [0.29, 0.717) is 6.54 Å². The standard InChI is InChI=1S/C11H19N3OS/c1-7(10(12)15)13-5-9-14-8(6-16-9)11(2,3)4/h6-7,13H,5H2,1-4H3,(H2,12,15). The van der Waals surface area contributed by atoms with Crippen LogP contribution in [0.5, 0.6) is 0 Å². The Kier molecular flexibility index (Phi) is 4.04. The van der Waals surface area contributed by atoms with E-state index in [1.807, 2.05) is 0 Å². The Hall–Kier alpha value is -0.940. The zero-order valence-electron chi connectivity index (χ0n) is 10.2. The molecule has 1 heterocycles. The first-order valence-electron chi connectivity index (χ1n) is 5.28. The summed E-state index contributed by atoms with van der Waals surface area (Å²) < 4.78 is 0. The molecular weight excluding hydrogens is 222 g/mol. The van der Waals surface area contributed by atoms with Gasteiger partial charge in [0.15, 0.2) is 0 Å². The van der Waals surface area contributed by atoms with Crippen LogP contribution in [0.15, 0.2) is 5.38 Å². The minimum absolute atomic E-state index is 0.0735. The normalized spacial score (nSPS) is 13.8. The summed E-state index contributed by atoms with van der Waals surface area (Å²) in [7, 11) is 0.